The highest BCUT2D eigenvalue weighted by atomic mass is 16.1. The summed E-state index contributed by atoms with van der Waals surface area (Å²) in [5.41, 5.74) is 10.3. The van der Waals surface area contributed by atoms with Crippen LogP contribution >= 0.6 is 0 Å². The van der Waals surface area contributed by atoms with E-state index in [1.807, 2.05) is 63.4 Å². The largest absolute Gasteiger partial charge is 0.383 e. The summed E-state index contributed by atoms with van der Waals surface area (Å²) in [5, 5.41) is 8.84. The van der Waals surface area contributed by atoms with Crippen molar-refractivity contribution in [1.29, 1.82) is 0 Å². The standard InChI is InChI=1S/C26H24N8O/c1-16-8-4-5-12-20(16)34-21(31-18-10-6-9-17(2)22(18)26(34)35)14-33-25-23(24(27)29-15-30-25)19(32-33)11-7-13-28-3/h4-6,8-10,12,15,28H,13-14H2,1-3H3,(H2,27,29,30). The van der Waals surface area contributed by atoms with Gasteiger partial charge in [-0.25, -0.2) is 19.6 Å². The maximum absolute atomic E-state index is 13.8. The van der Waals surface area contributed by atoms with Crippen molar-refractivity contribution in [3.8, 4) is 17.5 Å². The molecule has 3 aromatic heterocycles. The molecule has 0 saturated heterocycles. The number of nitrogen functional groups attached to an aromatic ring is 1. The number of fused-ring (bicyclic) bond motifs is 2. The van der Waals surface area contributed by atoms with Crippen molar-refractivity contribution in [1.82, 2.24) is 34.6 Å². The van der Waals surface area contributed by atoms with Crippen LogP contribution in [0.3, 0.4) is 0 Å². The third-order valence-corrected chi connectivity index (χ3v) is 5.85. The number of hydrogen-bond donors (Lipinski definition) is 2. The molecule has 9 nitrogen and oxygen atoms in total. The van der Waals surface area contributed by atoms with Crippen LogP contribution in [-0.4, -0.2) is 42.9 Å². The predicted molar refractivity (Wildman–Crippen MR) is 136 cm³/mol. The molecule has 9 heteroatoms. The number of rotatable bonds is 4. The van der Waals surface area contributed by atoms with Gasteiger partial charge in [0, 0.05) is 0 Å². The number of nitrogens with zero attached hydrogens (tertiary/aromatic N) is 6. The molecule has 3 N–H and O–H groups in total. The molecular weight excluding hydrogens is 440 g/mol. The van der Waals surface area contributed by atoms with Crippen molar-refractivity contribution >= 4 is 27.8 Å². The summed E-state index contributed by atoms with van der Waals surface area (Å²) in [6, 6.07) is 13.4. The van der Waals surface area contributed by atoms with Crippen molar-refractivity contribution in [2.45, 2.75) is 20.4 Å². The minimum Gasteiger partial charge on any atom is -0.383 e. The van der Waals surface area contributed by atoms with Crippen molar-refractivity contribution < 1.29 is 0 Å². The zero-order valence-electron chi connectivity index (χ0n) is 19.7. The van der Waals surface area contributed by atoms with E-state index in [-0.39, 0.29) is 12.1 Å². The minimum absolute atomic E-state index is 0.128. The number of aryl methyl sites for hydroxylation is 2. The lowest BCUT2D eigenvalue weighted by Gasteiger charge is -2.16. The van der Waals surface area contributed by atoms with E-state index in [9.17, 15) is 4.79 Å². The smallest absolute Gasteiger partial charge is 0.266 e. The average Bonchev–Trinajstić information content (AvgIpc) is 3.19. The summed E-state index contributed by atoms with van der Waals surface area (Å²) < 4.78 is 3.34. The summed E-state index contributed by atoms with van der Waals surface area (Å²) >= 11 is 0. The second-order valence-electron chi connectivity index (χ2n) is 8.22. The fourth-order valence-corrected chi connectivity index (χ4v) is 4.19. The lowest BCUT2D eigenvalue weighted by Crippen LogP contribution is -2.26. The number of para-hydroxylation sites is 1. The molecule has 0 radical (unpaired) electrons. The van der Waals surface area contributed by atoms with Crippen LogP contribution in [0.1, 0.15) is 22.6 Å². The van der Waals surface area contributed by atoms with Crippen molar-refractivity contribution in [2.24, 2.45) is 0 Å². The van der Waals surface area contributed by atoms with Crippen LogP contribution < -0.4 is 16.6 Å². The van der Waals surface area contributed by atoms with Crippen LogP contribution in [0.5, 0.6) is 0 Å². The fraction of sp³-hybridized carbons (Fsp3) is 0.192. The van der Waals surface area contributed by atoms with E-state index < -0.39 is 0 Å². The zero-order valence-corrected chi connectivity index (χ0v) is 19.7. The van der Waals surface area contributed by atoms with E-state index in [1.165, 1.54) is 6.33 Å². The Kier molecular flexibility index (Phi) is 5.73. The number of nitrogens with two attached hydrogens (primary N) is 1. The van der Waals surface area contributed by atoms with Crippen LogP contribution in [0.25, 0.3) is 27.6 Å². The van der Waals surface area contributed by atoms with E-state index >= 15 is 0 Å². The SMILES string of the molecule is CNCC#Cc1nn(Cc2nc3cccc(C)c3c(=O)n2-c2ccccc2C)c2ncnc(N)c12. The Morgan fingerprint density at radius 1 is 1.03 bits per heavy atom. The topological polar surface area (TPSA) is 117 Å². The van der Waals surface area contributed by atoms with E-state index in [0.717, 1.165) is 16.8 Å². The van der Waals surface area contributed by atoms with Gasteiger partial charge in [-0.05, 0) is 50.1 Å². The molecule has 0 aliphatic heterocycles. The van der Waals surface area contributed by atoms with Crippen molar-refractivity contribution in [3.63, 3.8) is 0 Å². The molecule has 0 atom stereocenters. The summed E-state index contributed by atoms with van der Waals surface area (Å²) in [7, 11) is 1.82. The number of anilines is 1. The number of aromatic nitrogens is 6. The van der Waals surface area contributed by atoms with Crippen LogP contribution in [0.4, 0.5) is 5.82 Å². The van der Waals surface area contributed by atoms with Gasteiger partial charge < -0.3 is 11.1 Å². The monoisotopic (exact) mass is 464 g/mol. The van der Waals surface area contributed by atoms with Gasteiger partial charge in [-0.15, -0.1) is 0 Å². The molecule has 0 amide bonds. The first-order valence-corrected chi connectivity index (χ1v) is 11.2. The van der Waals surface area contributed by atoms with Crippen LogP contribution in [0.2, 0.25) is 0 Å². The van der Waals surface area contributed by atoms with E-state index in [1.54, 1.807) is 9.25 Å². The van der Waals surface area contributed by atoms with Crippen LogP contribution in [0.15, 0.2) is 53.6 Å². The van der Waals surface area contributed by atoms with E-state index in [4.69, 9.17) is 10.7 Å². The first-order valence-electron chi connectivity index (χ1n) is 11.2. The highest BCUT2D eigenvalue weighted by Crippen LogP contribution is 2.23. The molecule has 0 saturated carbocycles. The molecule has 0 unspecified atom stereocenters. The summed E-state index contributed by atoms with van der Waals surface area (Å²) in [6.45, 7) is 4.58. The Morgan fingerprint density at radius 3 is 2.63 bits per heavy atom. The molecule has 2 aromatic carbocycles. The molecule has 174 valence electrons. The highest BCUT2D eigenvalue weighted by molar-refractivity contribution is 5.90. The minimum atomic E-state index is -0.128. The molecule has 0 bridgehead atoms. The van der Waals surface area contributed by atoms with Gasteiger partial charge in [0.25, 0.3) is 5.56 Å². The Labute approximate surface area is 201 Å². The lowest BCUT2D eigenvalue weighted by molar-refractivity contribution is 0.647. The van der Waals surface area contributed by atoms with Gasteiger partial charge in [-0.3, -0.25) is 9.36 Å². The maximum atomic E-state index is 13.8. The Balaban J connectivity index is 1.77. The Morgan fingerprint density at radius 2 is 1.83 bits per heavy atom. The molecule has 3 heterocycles. The number of hydrogen-bond acceptors (Lipinski definition) is 7. The molecular formula is C26H24N8O. The quantitative estimate of drug-likeness (QED) is 0.392. The molecule has 5 rings (SSSR count). The van der Waals surface area contributed by atoms with Gasteiger partial charge in [0.2, 0.25) is 0 Å². The third kappa shape index (κ3) is 3.90. The number of benzene rings is 2. The van der Waals surface area contributed by atoms with Gasteiger partial charge in [-0.1, -0.05) is 36.3 Å². The van der Waals surface area contributed by atoms with E-state index in [2.05, 4.69) is 32.2 Å². The summed E-state index contributed by atoms with van der Waals surface area (Å²) in [6.07, 6.45) is 1.40. The fourth-order valence-electron chi connectivity index (χ4n) is 4.19. The normalized spacial score (nSPS) is 11.1. The van der Waals surface area contributed by atoms with Gasteiger partial charge in [0.15, 0.2) is 5.65 Å². The second-order valence-corrected chi connectivity index (χ2v) is 8.22. The predicted octanol–water partition coefficient (Wildman–Crippen LogP) is 2.34. The highest BCUT2D eigenvalue weighted by Gasteiger charge is 2.19. The average molecular weight is 465 g/mol. The number of nitrogens with one attached hydrogen (secondary N) is 1. The zero-order chi connectivity index (χ0) is 24.5. The van der Waals surface area contributed by atoms with Gasteiger partial charge >= 0.3 is 0 Å². The second kappa shape index (κ2) is 9.00. The first-order chi connectivity index (χ1) is 17.0. The molecule has 0 fully saturated rings. The Hall–Kier alpha value is -4.55. The van der Waals surface area contributed by atoms with Crippen molar-refractivity contribution in [2.75, 3.05) is 19.3 Å². The van der Waals surface area contributed by atoms with Crippen molar-refractivity contribution in [3.05, 3.63) is 81.8 Å². The molecule has 0 aliphatic rings. The lowest BCUT2D eigenvalue weighted by atomic mass is 10.1. The van der Waals surface area contributed by atoms with Gasteiger partial charge in [0.05, 0.1) is 28.5 Å². The maximum Gasteiger partial charge on any atom is 0.266 e. The van der Waals surface area contributed by atoms with Gasteiger partial charge in [0.1, 0.15) is 30.2 Å². The first kappa shape index (κ1) is 22.3. The summed E-state index contributed by atoms with van der Waals surface area (Å²) in [4.78, 5) is 27.3. The summed E-state index contributed by atoms with van der Waals surface area (Å²) in [5.74, 6) is 6.89. The third-order valence-electron chi connectivity index (χ3n) is 5.85. The molecule has 5 aromatic rings. The Bertz CT molecular complexity index is 1700. The van der Waals surface area contributed by atoms with Crippen LogP contribution in [0, 0.1) is 25.7 Å². The van der Waals surface area contributed by atoms with Gasteiger partial charge in [-0.2, -0.15) is 5.10 Å². The molecule has 35 heavy (non-hydrogen) atoms. The van der Waals surface area contributed by atoms with E-state index in [0.29, 0.717) is 45.8 Å². The molecule has 0 spiro atoms. The van der Waals surface area contributed by atoms with Crippen LogP contribution in [-0.2, 0) is 6.54 Å². The molecule has 0 aliphatic carbocycles.